The zero-order valence-corrected chi connectivity index (χ0v) is 76.4. The molecule has 13 rings (SSSR count). The largest absolute Gasteiger partial charge is 2.00 e. The minimum atomic E-state index is -6.03. The molecule has 33 nitrogen and oxygen atoms in total. The van der Waals surface area contributed by atoms with Crippen LogP contribution in [0.4, 0.5) is 51.7 Å². The number of benzene rings is 9. The number of nitrogens with two attached hydrogens (primary N) is 2. The summed E-state index contributed by atoms with van der Waals surface area (Å²) in [4.78, 5) is 112. The molecule has 0 aliphatic carbocycles. The molecular formula is C86H82AlBrF4ILiMgN13NaO20. The third-order valence-electron chi connectivity index (χ3n) is 15.5. The molecule has 660 valence electrons. The van der Waals surface area contributed by atoms with Crippen molar-refractivity contribution in [2.45, 2.75) is 62.2 Å². The SMILES string of the molecule is C.CC(=O)OI1(OC(C)=O)(OC(C)=O)OC(=O)c2ccccc21.COC(=O)c1cccc(F)c1N.Cc1cc(C(=O)O)n(-c2cccc(C#N)c2)n1.Nc1c(F)cccc1CO.O=CO[O-].[AlH3].[Br-].[C-]#[N+]c1cccc(-n2nc(C)cc2C(=O)Nc2c(F)cccc2CO)c1.[C-]#[N+]c1cccc(-n2nc(C)cc2C(=O)Nc2c(F)cccc2OC)c1.[H-].[Li+].[Mg+2].[Na+].[c-]1ccccc1. The number of anilines is 4. The Hall–Kier alpha value is -12.6. The molecule has 12 aromatic rings. The molecule has 0 spiro atoms. The van der Waals surface area contributed by atoms with E-state index >= 15 is 0 Å². The van der Waals surface area contributed by atoms with E-state index in [4.69, 9.17) is 67.1 Å². The molecule has 2 amide bonds. The van der Waals surface area contributed by atoms with Gasteiger partial charge in [0.2, 0.25) is 0 Å². The van der Waals surface area contributed by atoms with Crippen LogP contribution in [0.25, 0.3) is 26.8 Å². The molecule has 0 unspecified atom stereocenters. The molecule has 1 aliphatic heterocycles. The number of fused-ring (bicyclic) bond motifs is 1. The summed E-state index contributed by atoms with van der Waals surface area (Å²) in [5, 5.41) is 62.0. The number of esters is 1. The van der Waals surface area contributed by atoms with Gasteiger partial charge in [-0.25, -0.2) is 50.9 Å². The topological polar surface area (TPSA) is 464 Å². The van der Waals surface area contributed by atoms with Gasteiger partial charge in [0, 0.05) is 11.1 Å². The molecule has 0 saturated carbocycles. The van der Waals surface area contributed by atoms with Gasteiger partial charge >= 0.3 is 212 Å². The van der Waals surface area contributed by atoms with Crippen LogP contribution in [0.2, 0.25) is 0 Å². The van der Waals surface area contributed by atoms with E-state index in [1.54, 1.807) is 124 Å². The fraction of sp³-hybridized carbons (Fsp3) is 0.128. The quantitative estimate of drug-likeness (QED) is 0.00835. The van der Waals surface area contributed by atoms with Gasteiger partial charge in [-0.05, 0) is 118 Å². The van der Waals surface area contributed by atoms with Crippen molar-refractivity contribution in [3.05, 3.63) is 336 Å². The summed E-state index contributed by atoms with van der Waals surface area (Å²) in [5.41, 5.74) is 16.4. The molecule has 9 aromatic carbocycles. The third kappa shape index (κ3) is 32.6. The number of carboxylic acid groups (broad SMARTS) is 1. The third-order valence-corrected chi connectivity index (χ3v) is 23.7. The number of nitrogens with one attached hydrogen (secondary N) is 2. The molecule has 1 aliphatic rings. The summed E-state index contributed by atoms with van der Waals surface area (Å²) in [6.45, 7) is 21.7. The van der Waals surface area contributed by atoms with E-state index < -0.39 is 96.2 Å². The Bertz CT molecular complexity index is 5770. The first-order chi connectivity index (χ1) is 58.7. The summed E-state index contributed by atoms with van der Waals surface area (Å²) in [6.07, 6.45) is 0. The van der Waals surface area contributed by atoms with Crippen LogP contribution in [0.1, 0.15) is 116 Å². The van der Waals surface area contributed by atoms with Crippen molar-refractivity contribution in [1.29, 1.82) is 5.26 Å². The Morgan fingerprint density at radius 3 is 1.43 bits per heavy atom. The molecule has 0 saturated heterocycles. The number of aryl methyl sites for hydroxylation is 3. The maximum absolute atomic E-state index is 14.1. The molecule has 0 fully saturated rings. The van der Waals surface area contributed by atoms with Gasteiger partial charge in [0.25, 0.3) is 18.3 Å². The second-order valence-corrected chi connectivity index (χ2v) is 31.1. The smallest absolute Gasteiger partial charge is 1.00 e. The monoisotopic (exact) mass is 1980 g/mol. The molecule has 43 heteroatoms. The van der Waals surface area contributed by atoms with Gasteiger partial charge in [-0.1, -0.05) is 74.2 Å². The maximum Gasteiger partial charge on any atom is 2.00 e. The zero-order valence-electron chi connectivity index (χ0n) is 70.2. The minimum Gasteiger partial charge on any atom is -1.00 e. The van der Waals surface area contributed by atoms with Crippen molar-refractivity contribution in [2.24, 2.45) is 0 Å². The fourth-order valence-corrected chi connectivity index (χ4v) is 18.2. The number of aliphatic hydroxyl groups excluding tert-OH is 2. The van der Waals surface area contributed by atoms with Crippen molar-refractivity contribution >= 4 is 147 Å². The zero-order chi connectivity index (χ0) is 90.7. The number of methoxy groups -OCH3 is 2. The van der Waals surface area contributed by atoms with E-state index in [1.165, 1.54) is 113 Å². The van der Waals surface area contributed by atoms with Gasteiger partial charge in [0.1, 0.15) is 40.3 Å². The number of aromatic nitrogens is 6. The average Bonchev–Trinajstić information content (AvgIpc) is 1.53. The number of rotatable bonds is 16. The Morgan fingerprint density at radius 2 is 1.02 bits per heavy atom. The second kappa shape index (κ2) is 56.6. The number of para-hydroxylation sites is 4. The number of carboxylic acids is 1. The minimum absolute atomic E-state index is 0. The molecular weight excluding hydrogens is 1900 g/mol. The maximum atomic E-state index is 14.1. The van der Waals surface area contributed by atoms with Crippen molar-refractivity contribution < 1.29 is 175 Å². The van der Waals surface area contributed by atoms with E-state index in [2.05, 4.69) is 51.3 Å². The van der Waals surface area contributed by atoms with E-state index in [0.717, 1.165) is 20.8 Å². The predicted octanol–water partition coefficient (Wildman–Crippen LogP) is 3.66. The van der Waals surface area contributed by atoms with Crippen molar-refractivity contribution in [2.75, 3.05) is 36.3 Å². The van der Waals surface area contributed by atoms with Crippen LogP contribution in [0.3, 0.4) is 0 Å². The summed E-state index contributed by atoms with van der Waals surface area (Å²) < 4.78 is 87.6. The number of aliphatic hydroxyl groups is 2. The van der Waals surface area contributed by atoms with Gasteiger partial charge < -0.3 is 75.4 Å². The number of carbonyl (C=O) groups excluding carboxylic acids is 8. The number of amides is 2. The molecule has 4 heterocycles. The Morgan fingerprint density at radius 1 is 0.605 bits per heavy atom. The van der Waals surface area contributed by atoms with Crippen LogP contribution < -0.4 is 97.5 Å². The number of ether oxygens (including phenoxy) is 2. The number of nitriles is 1. The van der Waals surface area contributed by atoms with Crippen LogP contribution in [-0.4, -0.2) is 153 Å². The average molecular weight is 1980 g/mol. The molecule has 3 aromatic heterocycles. The number of nitrogen functional groups attached to an aromatic ring is 2. The summed E-state index contributed by atoms with van der Waals surface area (Å²) in [6, 6.07) is 61.8. The summed E-state index contributed by atoms with van der Waals surface area (Å²) >= 11 is -6.03. The number of nitrogens with zero attached hydrogens (tertiary/aromatic N) is 9. The summed E-state index contributed by atoms with van der Waals surface area (Å²) in [5.74, 6) is -8.54. The molecule has 0 bridgehead atoms. The van der Waals surface area contributed by atoms with E-state index in [0.29, 0.717) is 56.6 Å². The van der Waals surface area contributed by atoms with Crippen molar-refractivity contribution in [1.82, 2.24) is 29.3 Å². The molecule has 9 N–H and O–H groups in total. The molecule has 129 heavy (non-hydrogen) atoms. The fourth-order valence-electron chi connectivity index (χ4n) is 10.4. The van der Waals surface area contributed by atoms with E-state index in [9.17, 15) is 61.0 Å². The van der Waals surface area contributed by atoms with Crippen molar-refractivity contribution in [3.8, 4) is 28.9 Å². The number of hydrogen-bond acceptors (Lipinski definition) is 25. The Labute approximate surface area is 813 Å². The van der Waals surface area contributed by atoms with Gasteiger partial charge in [-0.15, -0.1) is 0 Å². The van der Waals surface area contributed by atoms with E-state index in [-0.39, 0.29) is 194 Å². The summed E-state index contributed by atoms with van der Waals surface area (Å²) in [7, 11) is 2.61. The van der Waals surface area contributed by atoms with Gasteiger partial charge in [-0.2, -0.15) is 57.0 Å². The first kappa shape index (κ1) is 116. The van der Waals surface area contributed by atoms with E-state index in [1.807, 2.05) is 36.4 Å². The standard InChI is InChI=1S/2C19H15FN4O2.C13H13IO8.C12H9N3O2.C8H8FNO2.C7H8FNO.C6H5.CH2O3.CH4.Al.BrH.Li.Mg.Na.4H/c1-12-10-16(24(23-12)14-7-4-6-13(11-14)21-2)19(25)22-18-15(20)8-5-9-17(18)26-3;1-12-9-17(24(23-12)15-7-4-6-14(10-15)21-2)19(26)22-18-13(11-25)5-3-8-16(18)20;1-8(15)19-14(20-9(2)16,21-10(3)17)12-7-5-4-6-11(12)13(18)22-14;1-8-5-11(12(16)17)15(14-8)10-4-2-3-9(6-10)7-13;1-12-8(11)5-3-2-4-6(9)7(5)10;8-6-3-1-2-5(4-10)7(6)9;1-2-4-6-5-3-1;2-1-4-3;;;;;;;;;;/h4-11H,1,3H3,(H,22,25);3-10,25H,11H2,1H3,(H,22,26);4-7H,1-3H3;2-6H,1H3,(H,16,17);2-4H,10H2,1H3;1-3,10H,4,9H2;1-5H;1,3H;1H4;;1H;;;;;;;/q;;;;;;-1;;;;;+1;+2;+1;;;;-1/p-2. The normalized spacial score (nSPS) is 10.9. The second-order valence-electron chi connectivity index (χ2n) is 24.3. The van der Waals surface area contributed by atoms with Crippen LogP contribution in [-0.2, 0) is 54.3 Å². The predicted molar refractivity (Wildman–Crippen MR) is 465 cm³/mol. The number of halogens is 6. The van der Waals surface area contributed by atoms with Crippen LogP contribution in [0.5, 0.6) is 5.75 Å². The van der Waals surface area contributed by atoms with Gasteiger partial charge in [0.05, 0.1) is 109 Å². The first-order valence-corrected chi connectivity index (χ1v) is 39.8. The first-order valence-electron chi connectivity index (χ1n) is 35.2. The van der Waals surface area contributed by atoms with Gasteiger partial charge in [-0.3, -0.25) is 14.4 Å². The Kier molecular flexibility index (Phi) is 51.1. The van der Waals surface area contributed by atoms with Crippen LogP contribution in [0.15, 0.2) is 218 Å². The number of aromatic carboxylic acids is 1. The molecule has 0 atom stereocenters. The molecule has 0 radical (unpaired) electrons. The van der Waals surface area contributed by atoms with Gasteiger partial charge in [0.15, 0.2) is 40.2 Å². The van der Waals surface area contributed by atoms with Crippen LogP contribution in [0, 0.1) is 78.2 Å². The Balaban J connectivity index is 0. The van der Waals surface area contributed by atoms with Crippen LogP contribution >= 0.6 is 18.7 Å². The van der Waals surface area contributed by atoms with Crippen molar-refractivity contribution in [3.63, 3.8) is 0 Å². The number of hydrogen-bond donors (Lipinski definition) is 7. The number of carbonyl (C=O) groups is 9.